The summed E-state index contributed by atoms with van der Waals surface area (Å²) in [7, 11) is 3.49. The average molecular weight is 395 g/mol. The number of phenolic OH excluding ortho intramolecular Hbond substituents is 1. The summed E-state index contributed by atoms with van der Waals surface area (Å²) >= 11 is 7.33. The van der Waals surface area contributed by atoms with Crippen molar-refractivity contribution in [3.8, 4) is 11.5 Å². The standard InChI is InChI=1S/C18H23ClN4O2S/c1-5-9-23-16(20-21-18(23)26-12-13(2)19)11-22(3)10-14-7-6-8-15(25-4)17(14)24/h5-8,24H,1-2,9-12H2,3-4H3. The highest BCUT2D eigenvalue weighted by atomic mass is 35.5. The first-order chi connectivity index (χ1) is 12.5. The van der Waals surface area contributed by atoms with Crippen molar-refractivity contribution < 1.29 is 9.84 Å². The molecule has 0 aliphatic rings. The Balaban J connectivity index is 2.12. The molecule has 0 saturated carbocycles. The van der Waals surface area contributed by atoms with Gasteiger partial charge in [-0.25, -0.2) is 0 Å². The van der Waals surface area contributed by atoms with Crippen LogP contribution in [0.25, 0.3) is 0 Å². The SMILES string of the molecule is C=CCn1c(CN(C)Cc2cccc(OC)c2O)nnc1SCC(=C)Cl. The van der Waals surface area contributed by atoms with Gasteiger partial charge in [-0.1, -0.05) is 48.2 Å². The van der Waals surface area contributed by atoms with Crippen LogP contribution >= 0.6 is 23.4 Å². The van der Waals surface area contributed by atoms with E-state index in [4.69, 9.17) is 16.3 Å². The number of thioether (sulfide) groups is 1. The monoisotopic (exact) mass is 394 g/mol. The lowest BCUT2D eigenvalue weighted by molar-refractivity contribution is 0.296. The number of phenols is 1. The molecule has 0 radical (unpaired) electrons. The summed E-state index contributed by atoms with van der Waals surface area (Å²) in [6.45, 7) is 9.22. The van der Waals surface area contributed by atoms with E-state index < -0.39 is 0 Å². The minimum absolute atomic E-state index is 0.159. The minimum atomic E-state index is 0.159. The zero-order valence-electron chi connectivity index (χ0n) is 15.0. The lowest BCUT2D eigenvalue weighted by Gasteiger charge is -2.18. The van der Waals surface area contributed by atoms with Crippen LogP contribution in [-0.4, -0.2) is 44.7 Å². The molecule has 1 aromatic heterocycles. The number of hydrogen-bond donors (Lipinski definition) is 1. The van der Waals surface area contributed by atoms with Crippen molar-refractivity contribution >= 4 is 23.4 Å². The van der Waals surface area contributed by atoms with Gasteiger partial charge in [0.15, 0.2) is 16.7 Å². The summed E-state index contributed by atoms with van der Waals surface area (Å²) in [6, 6.07) is 5.46. The summed E-state index contributed by atoms with van der Waals surface area (Å²) in [5.74, 6) is 2.01. The van der Waals surface area contributed by atoms with Crippen molar-refractivity contribution in [2.75, 3.05) is 19.9 Å². The Bertz CT molecular complexity index is 779. The van der Waals surface area contributed by atoms with E-state index in [0.717, 1.165) is 16.5 Å². The molecule has 2 rings (SSSR count). The van der Waals surface area contributed by atoms with E-state index in [0.29, 0.717) is 36.2 Å². The average Bonchev–Trinajstić information content (AvgIpc) is 2.97. The molecule has 0 fully saturated rings. The highest BCUT2D eigenvalue weighted by Gasteiger charge is 2.15. The van der Waals surface area contributed by atoms with Crippen LogP contribution in [0.3, 0.4) is 0 Å². The number of benzene rings is 1. The summed E-state index contributed by atoms with van der Waals surface area (Å²) in [5.41, 5.74) is 0.787. The van der Waals surface area contributed by atoms with Gasteiger partial charge < -0.3 is 14.4 Å². The second-order valence-corrected chi connectivity index (χ2v) is 7.22. The Morgan fingerprint density at radius 2 is 2.19 bits per heavy atom. The van der Waals surface area contributed by atoms with Gasteiger partial charge in [-0.3, -0.25) is 4.90 Å². The predicted octanol–water partition coefficient (Wildman–Crippen LogP) is 3.65. The van der Waals surface area contributed by atoms with Gasteiger partial charge >= 0.3 is 0 Å². The number of rotatable bonds is 10. The first-order valence-electron chi connectivity index (χ1n) is 7.98. The predicted molar refractivity (Wildman–Crippen MR) is 106 cm³/mol. The first kappa shape index (κ1) is 20.4. The normalized spacial score (nSPS) is 10.9. The topological polar surface area (TPSA) is 63.4 Å². The van der Waals surface area contributed by atoms with E-state index in [1.54, 1.807) is 12.1 Å². The maximum Gasteiger partial charge on any atom is 0.191 e. The fourth-order valence-electron chi connectivity index (χ4n) is 2.45. The molecule has 0 amide bonds. The largest absolute Gasteiger partial charge is 0.504 e. The Morgan fingerprint density at radius 3 is 2.85 bits per heavy atom. The van der Waals surface area contributed by atoms with Crippen LogP contribution in [0.1, 0.15) is 11.4 Å². The van der Waals surface area contributed by atoms with Crippen LogP contribution < -0.4 is 4.74 Å². The van der Waals surface area contributed by atoms with Crippen molar-refractivity contribution in [1.82, 2.24) is 19.7 Å². The summed E-state index contributed by atoms with van der Waals surface area (Å²) < 4.78 is 7.16. The van der Waals surface area contributed by atoms with Gasteiger partial charge in [-0.2, -0.15) is 0 Å². The van der Waals surface area contributed by atoms with Gasteiger partial charge in [0.2, 0.25) is 0 Å². The van der Waals surface area contributed by atoms with Crippen molar-refractivity contribution in [3.63, 3.8) is 0 Å². The number of allylic oxidation sites excluding steroid dienone is 1. The molecule has 2 aromatic rings. The Hall–Kier alpha value is -1.96. The van der Waals surface area contributed by atoms with Gasteiger partial charge in [-0.05, 0) is 13.1 Å². The smallest absolute Gasteiger partial charge is 0.191 e. The van der Waals surface area contributed by atoms with Crippen molar-refractivity contribution in [2.45, 2.75) is 24.8 Å². The summed E-state index contributed by atoms with van der Waals surface area (Å²) in [6.07, 6.45) is 1.81. The van der Waals surface area contributed by atoms with Crippen LogP contribution in [0, 0.1) is 0 Å². The van der Waals surface area contributed by atoms with Crippen LogP contribution in [0.15, 0.2) is 47.6 Å². The second-order valence-electron chi connectivity index (χ2n) is 5.74. The van der Waals surface area contributed by atoms with Crippen LogP contribution in [-0.2, 0) is 19.6 Å². The van der Waals surface area contributed by atoms with Gasteiger partial charge in [0.1, 0.15) is 5.82 Å². The maximum atomic E-state index is 10.2. The lowest BCUT2D eigenvalue weighted by Crippen LogP contribution is -2.20. The Morgan fingerprint density at radius 1 is 1.42 bits per heavy atom. The number of hydrogen-bond acceptors (Lipinski definition) is 6. The molecule has 140 valence electrons. The second kappa shape index (κ2) is 9.66. The molecular weight excluding hydrogens is 372 g/mol. The fourth-order valence-corrected chi connectivity index (χ4v) is 3.33. The van der Waals surface area contributed by atoms with Gasteiger partial charge in [0.05, 0.1) is 13.7 Å². The molecule has 6 nitrogen and oxygen atoms in total. The molecule has 0 atom stereocenters. The highest BCUT2D eigenvalue weighted by molar-refractivity contribution is 7.99. The number of aromatic hydroxyl groups is 1. The Kier molecular flexibility index (Phi) is 7.56. The van der Waals surface area contributed by atoms with Crippen molar-refractivity contribution in [2.24, 2.45) is 0 Å². The number of nitrogens with zero attached hydrogens (tertiary/aromatic N) is 4. The lowest BCUT2D eigenvalue weighted by atomic mass is 10.1. The fraction of sp³-hybridized carbons (Fsp3) is 0.333. The first-order valence-corrected chi connectivity index (χ1v) is 9.35. The number of halogens is 1. The van der Waals surface area contributed by atoms with Gasteiger partial charge in [0.25, 0.3) is 0 Å². The quantitative estimate of drug-likeness (QED) is 0.490. The van der Waals surface area contributed by atoms with Crippen LogP contribution in [0.4, 0.5) is 0 Å². The number of methoxy groups -OCH3 is 1. The van der Waals surface area contributed by atoms with E-state index in [9.17, 15) is 5.11 Å². The summed E-state index contributed by atoms with van der Waals surface area (Å²) in [5, 5.41) is 20.1. The van der Waals surface area contributed by atoms with E-state index in [2.05, 4.69) is 23.4 Å². The third-order valence-electron chi connectivity index (χ3n) is 3.62. The molecule has 0 saturated heterocycles. The molecule has 0 spiro atoms. The van der Waals surface area contributed by atoms with E-state index >= 15 is 0 Å². The van der Waals surface area contributed by atoms with E-state index in [1.807, 2.05) is 28.6 Å². The molecular formula is C18H23ClN4O2S. The maximum absolute atomic E-state index is 10.2. The van der Waals surface area contributed by atoms with E-state index in [-0.39, 0.29) is 5.75 Å². The summed E-state index contributed by atoms with van der Waals surface area (Å²) in [4.78, 5) is 2.05. The molecule has 1 aromatic carbocycles. The molecule has 0 aliphatic heterocycles. The highest BCUT2D eigenvalue weighted by Crippen LogP contribution is 2.30. The van der Waals surface area contributed by atoms with E-state index in [1.165, 1.54) is 18.9 Å². The molecule has 26 heavy (non-hydrogen) atoms. The molecule has 8 heteroatoms. The number of aromatic nitrogens is 3. The zero-order valence-corrected chi connectivity index (χ0v) is 16.6. The third kappa shape index (κ3) is 5.27. The van der Waals surface area contributed by atoms with Crippen molar-refractivity contribution in [3.05, 3.63) is 53.9 Å². The number of ether oxygens (including phenoxy) is 1. The van der Waals surface area contributed by atoms with Crippen molar-refractivity contribution in [1.29, 1.82) is 0 Å². The molecule has 0 unspecified atom stereocenters. The van der Waals surface area contributed by atoms with Gasteiger partial charge in [0, 0.05) is 29.4 Å². The molecule has 0 aliphatic carbocycles. The van der Waals surface area contributed by atoms with Crippen LogP contribution in [0.2, 0.25) is 0 Å². The molecule has 1 N–H and O–H groups in total. The van der Waals surface area contributed by atoms with Gasteiger partial charge in [-0.15, -0.1) is 16.8 Å². The third-order valence-corrected chi connectivity index (χ3v) is 4.96. The molecule has 0 bridgehead atoms. The van der Waals surface area contributed by atoms with Crippen LogP contribution in [0.5, 0.6) is 11.5 Å². The Labute approximate surface area is 163 Å². The minimum Gasteiger partial charge on any atom is -0.504 e. The zero-order chi connectivity index (χ0) is 19.1. The molecule has 1 heterocycles. The number of para-hydroxylation sites is 1.